The minimum Gasteiger partial charge on any atom is -0.480 e. The Kier molecular flexibility index (Phi) is 6.06. The molecule has 0 heterocycles. The first-order valence-electron chi connectivity index (χ1n) is 5.28. The number of aliphatic carboxylic acids is 1. The van der Waals surface area contributed by atoms with Gasteiger partial charge in [0.2, 0.25) is 0 Å². The van der Waals surface area contributed by atoms with Gasteiger partial charge in [-0.2, -0.15) is 13.1 Å². The Morgan fingerprint density at radius 2 is 1.67 bits per heavy atom. The summed E-state index contributed by atoms with van der Waals surface area (Å²) in [6.07, 6.45) is -1.65. The van der Waals surface area contributed by atoms with Gasteiger partial charge in [-0.15, -0.1) is 0 Å². The second kappa shape index (κ2) is 6.55. The zero-order valence-electron chi connectivity index (χ0n) is 10.6. The SMILES string of the molecule is CC(C)OC(=O)NS(=O)(=O)NC(C(=O)O)C(C)C. The van der Waals surface area contributed by atoms with Gasteiger partial charge in [0.25, 0.3) is 0 Å². The van der Waals surface area contributed by atoms with Gasteiger partial charge in [0, 0.05) is 0 Å². The van der Waals surface area contributed by atoms with Gasteiger partial charge in [0.05, 0.1) is 6.10 Å². The molecule has 0 bridgehead atoms. The number of hydrogen-bond donors (Lipinski definition) is 3. The molecule has 0 aromatic carbocycles. The maximum Gasteiger partial charge on any atom is 0.422 e. The first-order valence-corrected chi connectivity index (χ1v) is 6.77. The molecule has 0 radical (unpaired) electrons. The summed E-state index contributed by atoms with van der Waals surface area (Å²) in [5, 5.41) is 8.82. The van der Waals surface area contributed by atoms with Crippen LogP contribution in [0.3, 0.4) is 0 Å². The molecule has 0 fully saturated rings. The summed E-state index contributed by atoms with van der Waals surface area (Å²) < 4.78 is 30.9. The lowest BCUT2D eigenvalue weighted by Gasteiger charge is -2.18. The molecule has 0 aliphatic heterocycles. The normalized spacial score (nSPS) is 13.4. The van der Waals surface area contributed by atoms with Crippen LogP contribution in [-0.4, -0.2) is 37.7 Å². The largest absolute Gasteiger partial charge is 0.480 e. The molecule has 0 saturated heterocycles. The molecule has 0 rings (SSSR count). The number of carboxylic acids is 1. The van der Waals surface area contributed by atoms with Crippen molar-refractivity contribution in [2.75, 3.05) is 0 Å². The monoisotopic (exact) mass is 282 g/mol. The molecule has 0 aromatic heterocycles. The molecule has 18 heavy (non-hydrogen) atoms. The first-order chi connectivity index (χ1) is 8.05. The lowest BCUT2D eigenvalue weighted by Crippen LogP contribution is -2.50. The van der Waals surface area contributed by atoms with Crippen molar-refractivity contribution >= 4 is 22.3 Å². The fourth-order valence-electron chi connectivity index (χ4n) is 1.02. The quantitative estimate of drug-likeness (QED) is 0.633. The van der Waals surface area contributed by atoms with Crippen LogP contribution in [0.5, 0.6) is 0 Å². The van der Waals surface area contributed by atoms with Crippen LogP contribution in [0.1, 0.15) is 27.7 Å². The van der Waals surface area contributed by atoms with Gasteiger partial charge in [-0.25, -0.2) is 9.52 Å². The molecule has 0 spiro atoms. The summed E-state index contributed by atoms with van der Waals surface area (Å²) in [5.41, 5.74) is 0. The Morgan fingerprint density at radius 1 is 1.17 bits per heavy atom. The number of carbonyl (C=O) groups excluding carboxylic acids is 1. The molecule has 1 amide bonds. The molecule has 8 nitrogen and oxygen atoms in total. The summed E-state index contributed by atoms with van der Waals surface area (Å²) in [7, 11) is -4.27. The summed E-state index contributed by atoms with van der Waals surface area (Å²) in [6.45, 7) is 6.17. The van der Waals surface area contributed by atoms with Gasteiger partial charge in [0.1, 0.15) is 6.04 Å². The van der Waals surface area contributed by atoms with Crippen molar-refractivity contribution in [2.24, 2.45) is 5.92 Å². The minimum atomic E-state index is -4.27. The summed E-state index contributed by atoms with van der Waals surface area (Å²) in [4.78, 5) is 21.9. The number of rotatable bonds is 6. The van der Waals surface area contributed by atoms with E-state index in [1.165, 1.54) is 13.8 Å². The molecule has 0 aliphatic rings. The van der Waals surface area contributed by atoms with Crippen LogP contribution in [0.15, 0.2) is 0 Å². The molecule has 0 saturated carbocycles. The van der Waals surface area contributed by atoms with E-state index in [-0.39, 0.29) is 0 Å². The van der Waals surface area contributed by atoms with E-state index < -0.39 is 40.3 Å². The highest BCUT2D eigenvalue weighted by Crippen LogP contribution is 2.03. The second-order valence-electron chi connectivity index (χ2n) is 4.24. The van der Waals surface area contributed by atoms with E-state index in [2.05, 4.69) is 4.74 Å². The van der Waals surface area contributed by atoms with Crippen LogP contribution < -0.4 is 9.44 Å². The summed E-state index contributed by atoms with van der Waals surface area (Å²) >= 11 is 0. The van der Waals surface area contributed by atoms with Gasteiger partial charge in [-0.05, 0) is 19.8 Å². The highest BCUT2D eigenvalue weighted by Gasteiger charge is 2.28. The molecule has 0 aromatic rings. The molecular weight excluding hydrogens is 264 g/mol. The number of amides is 1. The second-order valence-corrected chi connectivity index (χ2v) is 5.68. The van der Waals surface area contributed by atoms with Crippen LogP contribution in [-0.2, 0) is 19.7 Å². The predicted molar refractivity (Wildman–Crippen MR) is 63.1 cm³/mol. The molecule has 106 valence electrons. The summed E-state index contributed by atoms with van der Waals surface area (Å²) in [5.74, 6) is -1.80. The first kappa shape index (κ1) is 16.6. The highest BCUT2D eigenvalue weighted by molar-refractivity contribution is 7.88. The lowest BCUT2D eigenvalue weighted by molar-refractivity contribution is -0.140. The Bertz CT molecular complexity index is 403. The Hall–Kier alpha value is -1.35. The van der Waals surface area contributed by atoms with Crippen LogP contribution in [0, 0.1) is 5.92 Å². The van der Waals surface area contributed by atoms with Crippen molar-refractivity contribution in [3.63, 3.8) is 0 Å². The van der Waals surface area contributed by atoms with Gasteiger partial charge in [-0.1, -0.05) is 13.8 Å². The van der Waals surface area contributed by atoms with Crippen molar-refractivity contribution in [3.05, 3.63) is 0 Å². The fraction of sp³-hybridized carbons (Fsp3) is 0.778. The van der Waals surface area contributed by atoms with Crippen molar-refractivity contribution in [1.29, 1.82) is 0 Å². The molecule has 9 heteroatoms. The number of ether oxygens (including phenoxy) is 1. The van der Waals surface area contributed by atoms with Crippen molar-refractivity contribution in [2.45, 2.75) is 39.8 Å². The third kappa shape index (κ3) is 6.40. The standard InChI is InChI=1S/C9H18N2O6S/c1-5(2)7(8(12)13)10-18(15,16)11-9(14)17-6(3)4/h5-7,10H,1-4H3,(H,11,14)(H,12,13). The Balaban J connectivity index is 4.65. The van der Waals surface area contributed by atoms with Crippen molar-refractivity contribution in [3.8, 4) is 0 Å². The highest BCUT2D eigenvalue weighted by atomic mass is 32.2. The van der Waals surface area contributed by atoms with Crippen LogP contribution >= 0.6 is 0 Å². The van der Waals surface area contributed by atoms with Crippen molar-refractivity contribution < 1.29 is 27.9 Å². The van der Waals surface area contributed by atoms with E-state index in [0.717, 1.165) is 0 Å². The van der Waals surface area contributed by atoms with E-state index in [1.807, 2.05) is 4.72 Å². The van der Waals surface area contributed by atoms with Gasteiger partial charge in [0.15, 0.2) is 0 Å². The Labute approximate surface area is 106 Å². The minimum absolute atomic E-state index is 0.472. The van der Waals surface area contributed by atoms with E-state index in [0.29, 0.717) is 0 Å². The number of carboxylic acid groups (broad SMARTS) is 1. The van der Waals surface area contributed by atoms with E-state index in [9.17, 15) is 18.0 Å². The molecule has 3 N–H and O–H groups in total. The van der Waals surface area contributed by atoms with Gasteiger partial charge in [-0.3, -0.25) is 4.79 Å². The van der Waals surface area contributed by atoms with Crippen LogP contribution in [0.25, 0.3) is 0 Å². The average molecular weight is 282 g/mol. The predicted octanol–water partition coefficient (Wildman–Crippen LogP) is 0.0646. The maximum absolute atomic E-state index is 11.5. The fourth-order valence-corrected chi connectivity index (χ4v) is 2.05. The van der Waals surface area contributed by atoms with Gasteiger partial charge >= 0.3 is 22.3 Å². The molecule has 1 atom stereocenters. The molecular formula is C9H18N2O6S. The number of nitrogens with one attached hydrogen (secondary N) is 2. The number of hydrogen-bond acceptors (Lipinski definition) is 5. The Morgan fingerprint density at radius 3 is 2.00 bits per heavy atom. The maximum atomic E-state index is 11.5. The van der Waals surface area contributed by atoms with Crippen molar-refractivity contribution in [1.82, 2.24) is 9.44 Å². The van der Waals surface area contributed by atoms with E-state index in [1.54, 1.807) is 18.6 Å². The zero-order chi connectivity index (χ0) is 14.5. The average Bonchev–Trinajstić information content (AvgIpc) is 2.10. The smallest absolute Gasteiger partial charge is 0.422 e. The van der Waals surface area contributed by atoms with Gasteiger partial charge < -0.3 is 9.84 Å². The lowest BCUT2D eigenvalue weighted by atomic mass is 10.1. The van der Waals surface area contributed by atoms with E-state index in [4.69, 9.17) is 5.11 Å². The summed E-state index contributed by atoms with van der Waals surface area (Å²) in [6, 6.07) is -1.32. The topological polar surface area (TPSA) is 122 Å². The third-order valence-corrected chi connectivity index (χ3v) is 2.77. The van der Waals surface area contributed by atoms with Crippen LogP contribution in [0.4, 0.5) is 4.79 Å². The van der Waals surface area contributed by atoms with Crippen LogP contribution in [0.2, 0.25) is 0 Å². The van der Waals surface area contributed by atoms with E-state index >= 15 is 0 Å². The molecule has 1 unspecified atom stereocenters. The third-order valence-electron chi connectivity index (χ3n) is 1.78. The zero-order valence-corrected chi connectivity index (χ0v) is 11.4. The number of carbonyl (C=O) groups is 2. The molecule has 0 aliphatic carbocycles.